The Morgan fingerprint density at radius 1 is 1.47 bits per heavy atom. The molecule has 2 heterocycles. The van der Waals surface area contributed by atoms with Gasteiger partial charge in [-0.3, -0.25) is 4.68 Å². The first-order valence-electron chi connectivity index (χ1n) is 5.38. The predicted octanol–water partition coefficient (Wildman–Crippen LogP) is 1.65. The van der Waals surface area contributed by atoms with Crippen molar-refractivity contribution in [1.29, 1.82) is 5.26 Å². The number of nitrogens with one attached hydrogen (secondary N) is 1. The molecule has 1 N–H and O–H groups in total. The molecule has 1 atom stereocenters. The van der Waals surface area contributed by atoms with Crippen LogP contribution in [0.2, 0.25) is 0 Å². The Balaban J connectivity index is 2.03. The van der Waals surface area contributed by atoms with Crippen LogP contribution in [0.4, 0.5) is 5.69 Å². The third-order valence-electron chi connectivity index (χ3n) is 2.34. The van der Waals surface area contributed by atoms with Crippen molar-refractivity contribution >= 4 is 5.69 Å². The van der Waals surface area contributed by atoms with Gasteiger partial charge in [0.2, 0.25) is 0 Å². The lowest BCUT2D eigenvalue weighted by molar-refractivity contribution is 0.560. The van der Waals surface area contributed by atoms with Crippen LogP contribution in [-0.4, -0.2) is 20.8 Å². The average molecular weight is 227 g/mol. The van der Waals surface area contributed by atoms with E-state index < -0.39 is 0 Å². The monoisotopic (exact) mass is 227 g/mol. The molecule has 0 amide bonds. The Kier molecular flexibility index (Phi) is 3.36. The SMILES string of the molecule is CC(Cn1cccn1)Nc1cccnc1C#N. The van der Waals surface area contributed by atoms with Gasteiger partial charge in [0.15, 0.2) is 5.69 Å². The molecule has 0 spiro atoms. The number of nitriles is 1. The summed E-state index contributed by atoms with van der Waals surface area (Å²) in [7, 11) is 0. The first kappa shape index (κ1) is 11.1. The zero-order chi connectivity index (χ0) is 12.1. The highest BCUT2D eigenvalue weighted by Crippen LogP contribution is 2.12. The van der Waals surface area contributed by atoms with Gasteiger partial charge in [-0.2, -0.15) is 10.4 Å². The number of hydrogen-bond donors (Lipinski definition) is 1. The maximum atomic E-state index is 8.92. The molecule has 0 bridgehead atoms. The summed E-state index contributed by atoms with van der Waals surface area (Å²) in [5, 5.41) is 16.3. The Morgan fingerprint density at radius 3 is 3.06 bits per heavy atom. The zero-order valence-corrected chi connectivity index (χ0v) is 9.54. The van der Waals surface area contributed by atoms with Gasteiger partial charge in [-0.15, -0.1) is 0 Å². The third kappa shape index (κ3) is 2.82. The fourth-order valence-corrected chi connectivity index (χ4v) is 1.61. The van der Waals surface area contributed by atoms with Crippen LogP contribution in [0.3, 0.4) is 0 Å². The van der Waals surface area contributed by atoms with Crippen LogP contribution in [-0.2, 0) is 6.54 Å². The number of rotatable bonds is 4. The molecule has 0 saturated carbocycles. The van der Waals surface area contributed by atoms with Gasteiger partial charge in [0.05, 0.1) is 12.2 Å². The highest BCUT2D eigenvalue weighted by molar-refractivity contribution is 5.53. The van der Waals surface area contributed by atoms with Crippen molar-refractivity contribution < 1.29 is 0 Å². The third-order valence-corrected chi connectivity index (χ3v) is 2.34. The van der Waals surface area contributed by atoms with Crippen LogP contribution in [0.5, 0.6) is 0 Å². The normalized spacial score (nSPS) is 11.8. The van der Waals surface area contributed by atoms with Gasteiger partial charge in [-0.25, -0.2) is 4.98 Å². The lowest BCUT2D eigenvalue weighted by atomic mass is 10.2. The molecule has 0 aliphatic carbocycles. The summed E-state index contributed by atoms with van der Waals surface area (Å²) in [5.74, 6) is 0. The summed E-state index contributed by atoms with van der Waals surface area (Å²) >= 11 is 0. The van der Waals surface area contributed by atoms with Crippen molar-refractivity contribution in [2.45, 2.75) is 19.5 Å². The van der Waals surface area contributed by atoms with Crippen molar-refractivity contribution in [2.24, 2.45) is 0 Å². The molecule has 1 unspecified atom stereocenters. The zero-order valence-electron chi connectivity index (χ0n) is 9.54. The fraction of sp³-hybridized carbons (Fsp3) is 0.250. The first-order chi connectivity index (χ1) is 8.29. The molecule has 86 valence electrons. The Morgan fingerprint density at radius 2 is 2.35 bits per heavy atom. The standard InChI is InChI=1S/C12H13N5/c1-10(9-17-7-3-6-15-17)16-11-4-2-5-14-12(11)8-13/h2-7,10,16H,9H2,1H3. The van der Waals surface area contributed by atoms with Gasteiger partial charge >= 0.3 is 0 Å². The predicted molar refractivity (Wildman–Crippen MR) is 64.3 cm³/mol. The summed E-state index contributed by atoms with van der Waals surface area (Å²) in [6.07, 6.45) is 5.27. The van der Waals surface area contributed by atoms with E-state index in [0.29, 0.717) is 5.69 Å². The molecule has 2 aromatic heterocycles. The second kappa shape index (κ2) is 5.12. The largest absolute Gasteiger partial charge is 0.378 e. The van der Waals surface area contributed by atoms with Crippen molar-refractivity contribution in [3.8, 4) is 6.07 Å². The lowest BCUT2D eigenvalue weighted by Gasteiger charge is -2.15. The summed E-state index contributed by atoms with van der Waals surface area (Å²) in [6, 6.07) is 7.78. The van der Waals surface area contributed by atoms with Gasteiger partial charge in [0, 0.05) is 24.6 Å². The van der Waals surface area contributed by atoms with E-state index in [9.17, 15) is 0 Å². The van der Waals surface area contributed by atoms with E-state index in [-0.39, 0.29) is 6.04 Å². The van der Waals surface area contributed by atoms with Crippen LogP contribution in [0.1, 0.15) is 12.6 Å². The summed E-state index contributed by atoms with van der Waals surface area (Å²) < 4.78 is 1.85. The minimum Gasteiger partial charge on any atom is -0.378 e. The number of anilines is 1. The van der Waals surface area contributed by atoms with Crippen molar-refractivity contribution in [2.75, 3.05) is 5.32 Å². The van der Waals surface area contributed by atoms with E-state index in [0.717, 1.165) is 12.2 Å². The summed E-state index contributed by atoms with van der Waals surface area (Å²) in [6.45, 7) is 2.78. The molecule has 0 aromatic carbocycles. The maximum Gasteiger partial charge on any atom is 0.163 e. The van der Waals surface area contributed by atoms with E-state index in [4.69, 9.17) is 5.26 Å². The molecule has 0 aliphatic rings. The van der Waals surface area contributed by atoms with Gasteiger partial charge in [-0.05, 0) is 25.1 Å². The molecule has 0 saturated heterocycles. The minimum absolute atomic E-state index is 0.172. The smallest absolute Gasteiger partial charge is 0.163 e. The second-order valence-electron chi connectivity index (χ2n) is 3.78. The molecule has 17 heavy (non-hydrogen) atoms. The van der Waals surface area contributed by atoms with E-state index in [2.05, 4.69) is 21.5 Å². The van der Waals surface area contributed by atoms with Crippen LogP contribution in [0.15, 0.2) is 36.8 Å². The first-order valence-corrected chi connectivity index (χ1v) is 5.38. The van der Waals surface area contributed by atoms with Gasteiger partial charge in [0.1, 0.15) is 6.07 Å². The van der Waals surface area contributed by atoms with Gasteiger partial charge in [0.25, 0.3) is 0 Å². The molecular weight excluding hydrogens is 214 g/mol. The summed E-state index contributed by atoms with van der Waals surface area (Å²) in [5.41, 5.74) is 1.18. The van der Waals surface area contributed by atoms with E-state index in [1.165, 1.54) is 0 Å². The van der Waals surface area contributed by atoms with Crippen LogP contribution >= 0.6 is 0 Å². The molecule has 5 heteroatoms. The molecule has 0 aliphatic heterocycles. The van der Waals surface area contributed by atoms with E-state index >= 15 is 0 Å². The molecule has 2 rings (SSSR count). The Hall–Kier alpha value is -2.35. The maximum absolute atomic E-state index is 8.92. The quantitative estimate of drug-likeness (QED) is 0.862. The summed E-state index contributed by atoms with van der Waals surface area (Å²) in [4.78, 5) is 4.00. The Bertz CT molecular complexity index is 512. The highest BCUT2D eigenvalue weighted by Gasteiger charge is 2.07. The number of aromatic nitrogens is 3. The fourth-order valence-electron chi connectivity index (χ4n) is 1.61. The second-order valence-corrected chi connectivity index (χ2v) is 3.78. The molecule has 2 aromatic rings. The molecule has 0 radical (unpaired) electrons. The lowest BCUT2D eigenvalue weighted by Crippen LogP contribution is -2.22. The topological polar surface area (TPSA) is 66.5 Å². The van der Waals surface area contributed by atoms with Crippen molar-refractivity contribution in [3.63, 3.8) is 0 Å². The number of nitrogens with zero attached hydrogens (tertiary/aromatic N) is 4. The highest BCUT2D eigenvalue weighted by atomic mass is 15.3. The molecular formula is C12H13N5. The molecule has 0 fully saturated rings. The Labute approximate surface area is 99.7 Å². The van der Waals surface area contributed by atoms with Crippen molar-refractivity contribution in [3.05, 3.63) is 42.5 Å². The molecule has 5 nitrogen and oxygen atoms in total. The van der Waals surface area contributed by atoms with Gasteiger partial charge in [-0.1, -0.05) is 0 Å². The number of hydrogen-bond acceptors (Lipinski definition) is 4. The van der Waals surface area contributed by atoms with Crippen LogP contribution in [0.25, 0.3) is 0 Å². The van der Waals surface area contributed by atoms with Crippen molar-refractivity contribution in [1.82, 2.24) is 14.8 Å². The van der Waals surface area contributed by atoms with Crippen LogP contribution in [0, 0.1) is 11.3 Å². The van der Waals surface area contributed by atoms with E-state index in [1.807, 2.05) is 36.0 Å². The number of pyridine rings is 1. The minimum atomic E-state index is 0.172. The van der Waals surface area contributed by atoms with Crippen LogP contribution < -0.4 is 5.32 Å². The van der Waals surface area contributed by atoms with Gasteiger partial charge < -0.3 is 5.32 Å². The van der Waals surface area contributed by atoms with E-state index in [1.54, 1.807) is 12.4 Å². The average Bonchev–Trinajstić information content (AvgIpc) is 2.82.